The molecule has 1 fully saturated rings. The highest BCUT2D eigenvalue weighted by molar-refractivity contribution is 7.15. The highest BCUT2D eigenvalue weighted by Gasteiger charge is 2.30. The quantitative estimate of drug-likeness (QED) is 0.868. The van der Waals surface area contributed by atoms with Gasteiger partial charge in [0.1, 0.15) is 0 Å². The van der Waals surface area contributed by atoms with Crippen LogP contribution in [0, 0.1) is 11.8 Å². The van der Waals surface area contributed by atoms with E-state index in [1.807, 2.05) is 22.4 Å². The van der Waals surface area contributed by atoms with Crippen molar-refractivity contribution in [1.82, 2.24) is 9.88 Å². The van der Waals surface area contributed by atoms with Crippen molar-refractivity contribution < 1.29 is 9.59 Å². The minimum absolute atomic E-state index is 0.00664. The summed E-state index contributed by atoms with van der Waals surface area (Å²) in [7, 11) is 0. The van der Waals surface area contributed by atoms with E-state index in [1.165, 1.54) is 22.6 Å². The van der Waals surface area contributed by atoms with E-state index in [0.717, 1.165) is 47.9 Å². The predicted octanol–water partition coefficient (Wildman–Crippen LogP) is 3.82. The molecule has 0 spiro atoms. The van der Waals surface area contributed by atoms with Crippen molar-refractivity contribution in [3.05, 3.63) is 33.0 Å². The summed E-state index contributed by atoms with van der Waals surface area (Å²) in [5.41, 5.74) is 1.15. The molecule has 1 aliphatic carbocycles. The van der Waals surface area contributed by atoms with E-state index in [0.29, 0.717) is 12.5 Å². The van der Waals surface area contributed by atoms with Crippen LogP contribution in [0.5, 0.6) is 0 Å². The number of amides is 2. The number of carbonyl (C=O) groups is 2. The van der Waals surface area contributed by atoms with E-state index in [9.17, 15) is 9.59 Å². The Labute approximate surface area is 161 Å². The van der Waals surface area contributed by atoms with Gasteiger partial charge in [-0.2, -0.15) is 0 Å². The average Bonchev–Trinajstić information content (AvgIpc) is 3.30. The molecule has 2 aromatic rings. The van der Waals surface area contributed by atoms with Gasteiger partial charge in [0.05, 0.1) is 16.5 Å². The molecule has 3 heterocycles. The molecule has 0 bridgehead atoms. The lowest BCUT2D eigenvalue weighted by Crippen LogP contribution is -2.43. The van der Waals surface area contributed by atoms with Gasteiger partial charge >= 0.3 is 0 Å². The lowest BCUT2D eigenvalue weighted by atomic mass is 9.93. The molecule has 1 aliphatic heterocycles. The summed E-state index contributed by atoms with van der Waals surface area (Å²) in [5.74, 6) is 0.568. The van der Waals surface area contributed by atoms with E-state index >= 15 is 0 Å². The van der Waals surface area contributed by atoms with Gasteiger partial charge in [-0.15, -0.1) is 22.7 Å². The maximum absolute atomic E-state index is 12.7. The van der Waals surface area contributed by atoms with E-state index in [1.54, 1.807) is 11.3 Å². The first kappa shape index (κ1) is 17.7. The van der Waals surface area contributed by atoms with Gasteiger partial charge in [-0.3, -0.25) is 9.59 Å². The van der Waals surface area contributed by atoms with Gasteiger partial charge in [0.2, 0.25) is 5.91 Å². The van der Waals surface area contributed by atoms with Gasteiger partial charge < -0.3 is 10.2 Å². The molecule has 0 unspecified atom stereocenters. The zero-order valence-electron chi connectivity index (χ0n) is 14.9. The number of thiophene rings is 1. The second-order valence-electron chi connectivity index (χ2n) is 7.29. The highest BCUT2D eigenvalue weighted by Crippen LogP contribution is 2.32. The molecule has 26 heavy (non-hydrogen) atoms. The van der Waals surface area contributed by atoms with E-state index < -0.39 is 0 Å². The monoisotopic (exact) mass is 389 g/mol. The number of nitrogens with zero attached hydrogens (tertiary/aromatic N) is 2. The molecule has 0 saturated carbocycles. The number of thiazole rings is 1. The molecule has 2 atom stereocenters. The summed E-state index contributed by atoms with van der Waals surface area (Å²) in [6, 6.07) is 3.73. The molecule has 0 radical (unpaired) electrons. The van der Waals surface area contributed by atoms with Crippen molar-refractivity contribution in [3.63, 3.8) is 0 Å². The Morgan fingerprint density at radius 1 is 1.35 bits per heavy atom. The zero-order valence-corrected chi connectivity index (χ0v) is 16.5. The fraction of sp³-hybridized carbons (Fsp3) is 0.526. The normalized spacial score (nSPS) is 22.7. The topological polar surface area (TPSA) is 62.3 Å². The molecule has 2 amide bonds. The third-order valence-electron chi connectivity index (χ3n) is 5.23. The largest absolute Gasteiger partial charge is 0.337 e. The van der Waals surface area contributed by atoms with E-state index in [-0.39, 0.29) is 17.7 Å². The van der Waals surface area contributed by atoms with Crippen LogP contribution in [0.25, 0.3) is 0 Å². The third kappa shape index (κ3) is 3.69. The summed E-state index contributed by atoms with van der Waals surface area (Å²) in [6.07, 6.45) is 4.93. The Balaban J connectivity index is 1.39. The van der Waals surface area contributed by atoms with Crippen molar-refractivity contribution in [1.29, 1.82) is 0 Å². The number of anilines is 1. The predicted molar refractivity (Wildman–Crippen MR) is 105 cm³/mol. The fourth-order valence-electron chi connectivity index (χ4n) is 3.73. The van der Waals surface area contributed by atoms with Crippen LogP contribution >= 0.6 is 22.7 Å². The van der Waals surface area contributed by atoms with Gasteiger partial charge in [0, 0.05) is 18.0 Å². The molecule has 138 valence electrons. The number of carbonyl (C=O) groups excluding carboxylic acids is 2. The lowest BCUT2D eigenvalue weighted by molar-refractivity contribution is -0.121. The molecule has 4 rings (SSSR count). The Morgan fingerprint density at radius 3 is 3.04 bits per heavy atom. The van der Waals surface area contributed by atoms with E-state index in [2.05, 4.69) is 17.2 Å². The van der Waals surface area contributed by atoms with Gasteiger partial charge in [-0.1, -0.05) is 13.0 Å². The Kier molecular flexibility index (Phi) is 5.09. The van der Waals surface area contributed by atoms with Crippen LogP contribution in [0.1, 0.15) is 46.4 Å². The maximum atomic E-state index is 12.7. The molecule has 5 nitrogen and oxygen atoms in total. The molecular weight excluding hydrogens is 366 g/mol. The number of aromatic nitrogens is 1. The molecular formula is C19H23N3O2S2. The van der Waals surface area contributed by atoms with E-state index in [4.69, 9.17) is 0 Å². The Hall–Kier alpha value is -1.73. The summed E-state index contributed by atoms with van der Waals surface area (Å²) in [5, 5.41) is 5.64. The number of hydrogen-bond donors (Lipinski definition) is 1. The third-order valence-corrected chi connectivity index (χ3v) is 7.12. The van der Waals surface area contributed by atoms with Crippen molar-refractivity contribution in [2.45, 2.75) is 39.0 Å². The molecule has 1 N–H and O–H groups in total. The number of rotatable bonds is 3. The highest BCUT2D eigenvalue weighted by atomic mass is 32.1. The van der Waals surface area contributed by atoms with Crippen LogP contribution in [0.4, 0.5) is 5.13 Å². The lowest BCUT2D eigenvalue weighted by Gasteiger charge is -2.31. The summed E-state index contributed by atoms with van der Waals surface area (Å²) < 4.78 is 0. The summed E-state index contributed by atoms with van der Waals surface area (Å²) in [6.45, 7) is 3.48. The molecule has 1 saturated heterocycles. The smallest absolute Gasteiger partial charge is 0.263 e. The number of hydrogen-bond acceptors (Lipinski definition) is 5. The minimum atomic E-state index is -0.160. The Bertz CT molecular complexity index is 800. The maximum Gasteiger partial charge on any atom is 0.263 e. The van der Waals surface area contributed by atoms with Gasteiger partial charge in [0.25, 0.3) is 5.91 Å². The molecule has 2 aliphatic rings. The van der Waals surface area contributed by atoms with Crippen LogP contribution in [0.2, 0.25) is 0 Å². The SMILES string of the molecule is C[C@H]1CCc2nc(NC(=O)[C@@H]3CCCN(C(=O)c4cccs4)C3)sc2C1. The first-order chi connectivity index (χ1) is 12.6. The number of fused-ring (bicyclic) bond motifs is 1. The molecule has 0 aromatic carbocycles. The number of nitrogens with one attached hydrogen (secondary N) is 1. The van der Waals surface area contributed by atoms with Gasteiger partial charge in [-0.25, -0.2) is 4.98 Å². The second-order valence-corrected chi connectivity index (χ2v) is 9.33. The van der Waals surface area contributed by atoms with Crippen molar-refractivity contribution in [2.75, 3.05) is 18.4 Å². The van der Waals surface area contributed by atoms with Crippen LogP contribution < -0.4 is 5.32 Å². The van der Waals surface area contributed by atoms with Gasteiger partial charge in [0.15, 0.2) is 5.13 Å². The van der Waals surface area contributed by atoms with Crippen LogP contribution in [0.3, 0.4) is 0 Å². The first-order valence-electron chi connectivity index (χ1n) is 9.22. The number of aryl methyl sites for hydroxylation is 1. The second kappa shape index (κ2) is 7.48. The van der Waals surface area contributed by atoms with Crippen LogP contribution in [0.15, 0.2) is 17.5 Å². The standard InChI is InChI=1S/C19H23N3O2S2/c1-12-6-7-14-16(10-12)26-19(20-14)21-17(23)13-4-2-8-22(11-13)18(24)15-5-3-9-25-15/h3,5,9,12-13H,2,4,6-8,10-11H2,1H3,(H,20,21,23)/t12-,13+/m0/s1. The zero-order chi connectivity index (χ0) is 18.1. The Morgan fingerprint density at radius 2 is 2.23 bits per heavy atom. The van der Waals surface area contributed by atoms with Crippen molar-refractivity contribution >= 4 is 39.6 Å². The van der Waals surface area contributed by atoms with Gasteiger partial charge in [-0.05, 0) is 49.5 Å². The molecule has 2 aromatic heterocycles. The summed E-state index contributed by atoms with van der Waals surface area (Å²) in [4.78, 5) is 33.8. The first-order valence-corrected chi connectivity index (χ1v) is 10.9. The molecule has 7 heteroatoms. The average molecular weight is 390 g/mol. The number of piperidine rings is 1. The van der Waals surface area contributed by atoms with Crippen molar-refractivity contribution in [3.8, 4) is 0 Å². The van der Waals surface area contributed by atoms with Crippen LogP contribution in [-0.4, -0.2) is 34.8 Å². The summed E-state index contributed by atoms with van der Waals surface area (Å²) >= 11 is 3.07. The minimum Gasteiger partial charge on any atom is -0.337 e. The van der Waals surface area contributed by atoms with Crippen LogP contribution in [-0.2, 0) is 17.6 Å². The fourth-order valence-corrected chi connectivity index (χ4v) is 5.60. The van der Waals surface area contributed by atoms with Crippen molar-refractivity contribution in [2.24, 2.45) is 11.8 Å². The number of likely N-dealkylation sites (tertiary alicyclic amines) is 1.